The Kier molecular flexibility index (Phi) is 5.33. The second kappa shape index (κ2) is 7.64. The molecular formula is C17H21N3O2S. The average molecular weight is 331 g/mol. The molecular weight excluding hydrogens is 310 g/mol. The third kappa shape index (κ3) is 4.34. The summed E-state index contributed by atoms with van der Waals surface area (Å²) in [6, 6.07) is 9.94. The molecule has 1 aliphatic rings. The number of nitrogens with one attached hydrogen (secondary N) is 1. The van der Waals surface area contributed by atoms with Gasteiger partial charge in [-0.3, -0.25) is 4.79 Å². The van der Waals surface area contributed by atoms with E-state index in [-0.39, 0.29) is 11.2 Å². The smallest absolute Gasteiger partial charge is 0.277 e. The third-order valence-electron chi connectivity index (χ3n) is 4.03. The largest absolute Gasteiger partial charge is 0.411 e. The number of benzene rings is 1. The Bertz CT molecular complexity index is 638. The Labute approximate surface area is 140 Å². The molecule has 0 aliphatic heterocycles. The monoisotopic (exact) mass is 331 g/mol. The van der Waals surface area contributed by atoms with Crippen molar-refractivity contribution < 1.29 is 9.21 Å². The fraction of sp³-hybridized carbons (Fsp3) is 0.471. The van der Waals surface area contributed by atoms with Crippen LogP contribution in [-0.2, 0) is 4.79 Å². The second-order valence-electron chi connectivity index (χ2n) is 5.84. The van der Waals surface area contributed by atoms with Gasteiger partial charge in [0, 0.05) is 11.6 Å². The number of rotatable bonds is 5. The van der Waals surface area contributed by atoms with E-state index in [9.17, 15) is 4.79 Å². The fourth-order valence-corrected chi connectivity index (χ4v) is 3.42. The van der Waals surface area contributed by atoms with Gasteiger partial charge in [-0.15, -0.1) is 10.2 Å². The van der Waals surface area contributed by atoms with Gasteiger partial charge < -0.3 is 9.73 Å². The summed E-state index contributed by atoms with van der Waals surface area (Å²) in [6.07, 6.45) is 5.86. The van der Waals surface area contributed by atoms with Gasteiger partial charge in [-0.05, 0) is 31.9 Å². The van der Waals surface area contributed by atoms with Crippen molar-refractivity contribution in [2.24, 2.45) is 0 Å². The van der Waals surface area contributed by atoms with Crippen LogP contribution in [0.2, 0.25) is 0 Å². The molecule has 6 heteroatoms. The molecule has 0 spiro atoms. The molecule has 1 atom stereocenters. The van der Waals surface area contributed by atoms with E-state index in [1.165, 1.54) is 31.0 Å². The highest BCUT2D eigenvalue weighted by Crippen LogP contribution is 2.26. The molecule has 1 aromatic heterocycles. The van der Waals surface area contributed by atoms with Crippen LogP contribution in [0.3, 0.4) is 0 Å². The molecule has 1 aromatic carbocycles. The summed E-state index contributed by atoms with van der Waals surface area (Å²) in [7, 11) is 0. The van der Waals surface area contributed by atoms with E-state index in [2.05, 4.69) is 15.5 Å². The topological polar surface area (TPSA) is 68.0 Å². The predicted octanol–water partition coefficient (Wildman–Crippen LogP) is 3.67. The maximum absolute atomic E-state index is 12.3. The van der Waals surface area contributed by atoms with Gasteiger partial charge in [0.1, 0.15) is 0 Å². The van der Waals surface area contributed by atoms with E-state index < -0.39 is 0 Å². The fourth-order valence-electron chi connectivity index (χ4n) is 2.72. The molecule has 1 unspecified atom stereocenters. The van der Waals surface area contributed by atoms with Crippen LogP contribution >= 0.6 is 11.8 Å². The standard InChI is InChI=1S/C17H21N3O2S/c1-12(15(21)18-14-10-6-3-7-11-14)23-17-20-19-16(22-17)13-8-4-2-5-9-13/h2,4-5,8-9,12,14H,3,6-7,10-11H2,1H3,(H,18,21). The zero-order chi connectivity index (χ0) is 16.1. The lowest BCUT2D eigenvalue weighted by Gasteiger charge is -2.23. The predicted molar refractivity (Wildman–Crippen MR) is 90.1 cm³/mol. The normalized spacial score (nSPS) is 16.9. The van der Waals surface area contributed by atoms with Crippen molar-refractivity contribution in [1.82, 2.24) is 15.5 Å². The molecule has 0 radical (unpaired) electrons. The SMILES string of the molecule is CC(Sc1nnc(-c2ccccc2)o1)C(=O)NC1CCCCC1. The van der Waals surface area contributed by atoms with Crippen LogP contribution in [0.4, 0.5) is 0 Å². The van der Waals surface area contributed by atoms with Crippen molar-refractivity contribution in [2.45, 2.75) is 55.5 Å². The summed E-state index contributed by atoms with van der Waals surface area (Å²) in [5, 5.41) is 11.4. The van der Waals surface area contributed by atoms with Crippen molar-refractivity contribution in [2.75, 3.05) is 0 Å². The number of hydrogen-bond acceptors (Lipinski definition) is 5. The molecule has 1 N–H and O–H groups in total. The van der Waals surface area contributed by atoms with E-state index in [1.54, 1.807) is 0 Å². The summed E-state index contributed by atoms with van der Waals surface area (Å²) >= 11 is 1.30. The Balaban J connectivity index is 1.56. The molecule has 1 saturated carbocycles. The van der Waals surface area contributed by atoms with Crippen LogP contribution in [0.5, 0.6) is 0 Å². The lowest BCUT2D eigenvalue weighted by molar-refractivity contribution is -0.121. The van der Waals surface area contributed by atoms with E-state index in [0.717, 1.165) is 18.4 Å². The highest BCUT2D eigenvalue weighted by atomic mass is 32.2. The zero-order valence-electron chi connectivity index (χ0n) is 13.2. The van der Waals surface area contributed by atoms with Gasteiger partial charge in [-0.25, -0.2) is 0 Å². The molecule has 2 aromatic rings. The minimum absolute atomic E-state index is 0.0429. The summed E-state index contributed by atoms with van der Waals surface area (Å²) in [6.45, 7) is 1.87. The first-order valence-corrected chi connectivity index (χ1v) is 8.96. The molecule has 1 aliphatic carbocycles. The van der Waals surface area contributed by atoms with Gasteiger partial charge in [0.05, 0.1) is 5.25 Å². The van der Waals surface area contributed by atoms with Crippen LogP contribution in [0.25, 0.3) is 11.5 Å². The lowest BCUT2D eigenvalue weighted by Crippen LogP contribution is -2.40. The minimum atomic E-state index is -0.249. The van der Waals surface area contributed by atoms with Crippen LogP contribution < -0.4 is 5.32 Å². The van der Waals surface area contributed by atoms with Crippen molar-refractivity contribution in [1.29, 1.82) is 0 Å². The van der Waals surface area contributed by atoms with Gasteiger partial charge in [-0.2, -0.15) is 0 Å². The first kappa shape index (κ1) is 16.1. The molecule has 3 rings (SSSR count). The Hall–Kier alpha value is -1.82. The van der Waals surface area contributed by atoms with E-state index >= 15 is 0 Å². The molecule has 1 heterocycles. The first-order chi connectivity index (χ1) is 11.2. The molecule has 23 heavy (non-hydrogen) atoms. The molecule has 0 bridgehead atoms. The average Bonchev–Trinajstić information content (AvgIpc) is 3.05. The summed E-state index contributed by atoms with van der Waals surface area (Å²) in [5.41, 5.74) is 0.881. The first-order valence-electron chi connectivity index (χ1n) is 8.08. The molecule has 1 fully saturated rings. The van der Waals surface area contributed by atoms with Crippen molar-refractivity contribution in [3.8, 4) is 11.5 Å². The number of aromatic nitrogens is 2. The third-order valence-corrected chi connectivity index (χ3v) is 4.96. The Morgan fingerprint density at radius 1 is 1.22 bits per heavy atom. The summed E-state index contributed by atoms with van der Waals surface area (Å²) in [5.74, 6) is 0.523. The van der Waals surface area contributed by atoms with Crippen LogP contribution in [0.15, 0.2) is 40.0 Å². The van der Waals surface area contributed by atoms with Gasteiger partial charge in [-0.1, -0.05) is 49.2 Å². The van der Waals surface area contributed by atoms with Gasteiger partial charge >= 0.3 is 0 Å². The van der Waals surface area contributed by atoms with Gasteiger partial charge in [0.25, 0.3) is 5.22 Å². The molecule has 5 nitrogen and oxygen atoms in total. The maximum atomic E-state index is 12.3. The van der Waals surface area contributed by atoms with Crippen molar-refractivity contribution >= 4 is 17.7 Å². The Morgan fingerprint density at radius 3 is 2.70 bits per heavy atom. The number of nitrogens with zero attached hydrogens (tertiary/aromatic N) is 2. The zero-order valence-corrected chi connectivity index (χ0v) is 14.0. The molecule has 122 valence electrons. The van der Waals surface area contributed by atoms with Gasteiger partial charge in [0.2, 0.25) is 11.8 Å². The summed E-state index contributed by atoms with van der Waals surface area (Å²) < 4.78 is 5.64. The molecule has 0 saturated heterocycles. The number of carbonyl (C=O) groups is 1. The van der Waals surface area contributed by atoms with Crippen LogP contribution in [0, 0.1) is 0 Å². The van der Waals surface area contributed by atoms with Crippen molar-refractivity contribution in [3.63, 3.8) is 0 Å². The number of carbonyl (C=O) groups excluding carboxylic acids is 1. The quantitative estimate of drug-likeness (QED) is 0.847. The number of hydrogen-bond donors (Lipinski definition) is 1. The maximum Gasteiger partial charge on any atom is 0.277 e. The van der Waals surface area contributed by atoms with E-state index in [4.69, 9.17) is 4.42 Å². The van der Waals surface area contributed by atoms with Crippen molar-refractivity contribution in [3.05, 3.63) is 30.3 Å². The number of amides is 1. The summed E-state index contributed by atoms with van der Waals surface area (Å²) in [4.78, 5) is 12.3. The van der Waals surface area contributed by atoms with E-state index in [1.807, 2.05) is 37.3 Å². The van der Waals surface area contributed by atoms with E-state index in [0.29, 0.717) is 17.2 Å². The Morgan fingerprint density at radius 2 is 1.96 bits per heavy atom. The van der Waals surface area contributed by atoms with Gasteiger partial charge in [0.15, 0.2) is 0 Å². The van der Waals surface area contributed by atoms with Crippen LogP contribution in [-0.4, -0.2) is 27.4 Å². The minimum Gasteiger partial charge on any atom is -0.411 e. The highest BCUT2D eigenvalue weighted by Gasteiger charge is 2.22. The highest BCUT2D eigenvalue weighted by molar-refractivity contribution is 8.00. The number of thioether (sulfide) groups is 1. The van der Waals surface area contributed by atoms with Crippen LogP contribution in [0.1, 0.15) is 39.0 Å². The second-order valence-corrected chi connectivity index (χ2v) is 7.13. The lowest BCUT2D eigenvalue weighted by atomic mass is 9.95. The molecule has 1 amide bonds.